The summed E-state index contributed by atoms with van der Waals surface area (Å²) in [4.78, 5) is 18.3. The maximum atomic E-state index is 10.6. The van der Waals surface area contributed by atoms with Gasteiger partial charge in [-0.25, -0.2) is 9.97 Å². The Bertz CT molecular complexity index is 548. The van der Waals surface area contributed by atoms with E-state index in [1.54, 1.807) is 23.9 Å². The highest BCUT2D eigenvalue weighted by Crippen LogP contribution is 2.18. The average Bonchev–Trinajstić information content (AvgIpc) is 2.64. The summed E-state index contributed by atoms with van der Waals surface area (Å²) in [5.74, 6) is 1.46. The average molecular weight is 218 g/mol. The number of hydrogen-bond acceptors (Lipinski definition) is 4. The first-order valence-electron chi connectivity index (χ1n) is 4.71. The number of nitrogens with zero attached hydrogens (tertiary/aromatic N) is 4. The molecule has 2 heterocycles. The highest BCUT2D eigenvalue weighted by molar-refractivity contribution is 5.41. The van der Waals surface area contributed by atoms with Gasteiger partial charge in [-0.05, 0) is 19.4 Å². The van der Waals surface area contributed by atoms with Crippen LogP contribution in [0.15, 0.2) is 24.7 Å². The Labute approximate surface area is 91.7 Å². The van der Waals surface area contributed by atoms with Crippen LogP contribution in [0.4, 0.5) is 5.69 Å². The molecular formula is C10H10N4O2. The van der Waals surface area contributed by atoms with Crippen LogP contribution in [0.2, 0.25) is 0 Å². The molecule has 0 aromatic carbocycles. The molecule has 0 N–H and O–H groups in total. The maximum absolute atomic E-state index is 10.6. The summed E-state index contributed by atoms with van der Waals surface area (Å²) in [5, 5.41) is 10.6. The van der Waals surface area contributed by atoms with E-state index in [1.807, 2.05) is 6.92 Å². The topological polar surface area (TPSA) is 73.8 Å². The molecule has 0 saturated heterocycles. The molecule has 0 saturated carbocycles. The zero-order valence-corrected chi connectivity index (χ0v) is 8.91. The summed E-state index contributed by atoms with van der Waals surface area (Å²) in [5.41, 5.74) is 0.745. The van der Waals surface area contributed by atoms with E-state index in [0.29, 0.717) is 5.82 Å². The largest absolute Gasteiger partial charge is 0.288 e. The second-order valence-electron chi connectivity index (χ2n) is 3.44. The van der Waals surface area contributed by atoms with Crippen molar-refractivity contribution in [2.45, 2.75) is 13.8 Å². The van der Waals surface area contributed by atoms with Crippen molar-refractivity contribution in [1.82, 2.24) is 14.5 Å². The number of hydrogen-bond donors (Lipinski definition) is 0. The molecule has 2 aromatic rings. The summed E-state index contributed by atoms with van der Waals surface area (Å²) in [6.07, 6.45) is 4.69. The van der Waals surface area contributed by atoms with Crippen LogP contribution in [0.3, 0.4) is 0 Å². The summed E-state index contributed by atoms with van der Waals surface area (Å²) in [6, 6.07) is 1.50. The van der Waals surface area contributed by atoms with Crippen molar-refractivity contribution >= 4 is 5.69 Å². The van der Waals surface area contributed by atoms with Crippen LogP contribution in [0.25, 0.3) is 5.82 Å². The van der Waals surface area contributed by atoms with E-state index in [4.69, 9.17) is 0 Å². The molecule has 2 aromatic heterocycles. The Balaban J connectivity index is 2.52. The minimum absolute atomic E-state index is 0.000909. The van der Waals surface area contributed by atoms with Gasteiger partial charge in [0.15, 0.2) is 0 Å². The van der Waals surface area contributed by atoms with Gasteiger partial charge in [0.2, 0.25) is 0 Å². The van der Waals surface area contributed by atoms with Crippen molar-refractivity contribution in [3.05, 3.63) is 46.2 Å². The van der Waals surface area contributed by atoms with Gasteiger partial charge in [0.25, 0.3) is 5.69 Å². The summed E-state index contributed by atoms with van der Waals surface area (Å²) < 4.78 is 1.79. The molecule has 0 aliphatic rings. The molecule has 0 atom stereocenters. The summed E-state index contributed by atoms with van der Waals surface area (Å²) in [7, 11) is 0. The minimum Gasteiger partial charge on any atom is -0.288 e. The third-order valence-electron chi connectivity index (χ3n) is 2.30. The number of nitro groups is 1. The fraction of sp³-hybridized carbons (Fsp3) is 0.200. The molecule has 6 heteroatoms. The zero-order chi connectivity index (χ0) is 11.7. The number of imidazole rings is 1. The first kappa shape index (κ1) is 10.3. The molecule has 0 amide bonds. The molecule has 16 heavy (non-hydrogen) atoms. The smallest absolute Gasteiger partial charge is 0.287 e. The van der Waals surface area contributed by atoms with E-state index in [0.717, 1.165) is 11.4 Å². The number of aryl methyl sites for hydroxylation is 2. The Morgan fingerprint density at radius 1 is 1.38 bits per heavy atom. The quantitative estimate of drug-likeness (QED) is 0.569. The molecule has 0 radical (unpaired) electrons. The van der Waals surface area contributed by atoms with Gasteiger partial charge < -0.3 is 0 Å². The lowest BCUT2D eigenvalue weighted by Crippen LogP contribution is -2.02. The van der Waals surface area contributed by atoms with Crippen molar-refractivity contribution in [3.63, 3.8) is 0 Å². The highest BCUT2D eigenvalue weighted by Gasteiger charge is 2.11. The van der Waals surface area contributed by atoms with Crippen LogP contribution in [-0.4, -0.2) is 19.5 Å². The van der Waals surface area contributed by atoms with Gasteiger partial charge in [-0.15, -0.1) is 0 Å². The monoisotopic (exact) mass is 218 g/mol. The third kappa shape index (κ3) is 1.65. The van der Waals surface area contributed by atoms with Gasteiger partial charge in [0.05, 0.1) is 4.92 Å². The molecule has 82 valence electrons. The summed E-state index contributed by atoms with van der Waals surface area (Å²) in [6.45, 7) is 3.64. The number of rotatable bonds is 2. The highest BCUT2D eigenvalue weighted by atomic mass is 16.6. The lowest BCUT2D eigenvalue weighted by atomic mass is 10.2. The van der Waals surface area contributed by atoms with E-state index < -0.39 is 4.92 Å². The lowest BCUT2D eigenvalue weighted by molar-refractivity contribution is -0.385. The third-order valence-corrected chi connectivity index (χ3v) is 2.30. The molecule has 0 unspecified atom stereocenters. The van der Waals surface area contributed by atoms with Crippen molar-refractivity contribution in [1.29, 1.82) is 0 Å². The second kappa shape index (κ2) is 3.73. The summed E-state index contributed by atoms with van der Waals surface area (Å²) >= 11 is 0. The van der Waals surface area contributed by atoms with Crippen molar-refractivity contribution in [2.75, 3.05) is 0 Å². The standard InChI is InChI=1S/C10H10N4O2/c1-7-5-9(14(15)16)6-12-10(7)13-4-3-11-8(13)2/h3-6H,1-2H3. The van der Waals surface area contributed by atoms with Crippen LogP contribution in [0.5, 0.6) is 0 Å². The molecule has 0 spiro atoms. The van der Waals surface area contributed by atoms with E-state index in [2.05, 4.69) is 9.97 Å². The van der Waals surface area contributed by atoms with E-state index in [9.17, 15) is 10.1 Å². The molecular weight excluding hydrogens is 208 g/mol. The van der Waals surface area contributed by atoms with Crippen LogP contribution >= 0.6 is 0 Å². The molecule has 6 nitrogen and oxygen atoms in total. The van der Waals surface area contributed by atoms with Gasteiger partial charge in [0.1, 0.15) is 17.8 Å². The van der Waals surface area contributed by atoms with Crippen LogP contribution in [0, 0.1) is 24.0 Å². The Morgan fingerprint density at radius 3 is 2.62 bits per heavy atom. The first-order valence-corrected chi connectivity index (χ1v) is 4.71. The van der Waals surface area contributed by atoms with Crippen molar-refractivity contribution in [2.24, 2.45) is 0 Å². The minimum atomic E-state index is -0.454. The maximum Gasteiger partial charge on any atom is 0.287 e. The van der Waals surface area contributed by atoms with Crippen LogP contribution < -0.4 is 0 Å². The second-order valence-corrected chi connectivity index (χ2v) is 3.44. The predicted molar refractivity (Wildman–Crippen MR) is 57.5 cm³/mol. The lowest BCUT2D eigenvalue weighted by Gasteiger charge is -2.06. The van der Waals surface area contributed by atoms with Crippen LogP contribution in [0.1, 0.15) is 11.4 Å². The van der Waals surface area contributed by atoms with E-state index in [-0.39, 0.29) is 5.69 Å². The van der Waals surface area contributed by atoms with Crippen LogP contribution in [-0.2, 0) is 0 Å². The number of aromatic nitrogens is 3. The van der Waals surface area contributed by atoms with Gasteiger partial charge in [-0.3, -0.25) is 14.7 Å². The first-order chi connectivity index (χ1) is 7.59. The van der Waals surface area contributed by atoms with E-state index >= 15 is 0 Å². The Morgan fingerprint density at radius 2 is 2.12 bits per heavy atom. The number of pyridine rings is 1. The molecule has 2 rings (SSSR count). The Kier molecular flexibility index (Phi) is 2.40. The van der Waals surface area contributed by atoms with Gasteiger partial charge in [0, 0.05) is 18.5 Å². The molecule has 0 aliphatic carbocycles. The normalized spacial score (nSPS) is 10.4. The fourth-order valence-electron chi connectivity index (χ4n) is 1.51. The zero-order valence-electron chi connectivity index (χ0n) is 8.91. The Hall–Kier alpha value is -2.24. The van der Waals surface area contributed by atoms with Crippen molar-refractivity contribution in [3.8, 4) is 5.82 Å². The SMILES string of the molecule is Cc1cc([N+](=O)[O-])cnc1-n1ccnc1C. The van der Waals surface area contributed by atoms with Gasteiger partial charge >= 0.3 is 0 Å². The molecule has 0 bridgehead atoms. The van der Waals surface area contributed by atoms with E-state index in [1.165, 1.54) is 12.3 Å². The molecule has 0 fully saturated rings. The van der Waals surface area contributed by atoms with Gasteiger partial charge in [-0.1, -0.05) is 0 Å². The molecule has 0 aliphatic heterocycles. The predicted octanol–water partition coefficient (Wildman–Crippen LogP) is 1.79. The van der Waals surface area contributed by atoms with Gasteiger partial charge in [-0.2, -0.15) is 0 Å². The van der Waals surface area contributed by atoms with Crippen molar-refractivity contribution < 1.29 is 4.92 Å². The fourth-order valence-corrected chi connectivity index (χ4v) is 1.51.